The van der Waals surface area contributed by atoms with Crippen molar-refractivity contribution in [2.24, 2.45) is 0 Å². The maximum absolute atomic E-state index is 12.1. The summed E-state index contributed by atoms with van der Waals surface area (Å²) < 4.78 is 2.04. The lowest BCUT2D eigenvalue weighted by atomic mass is 10.3. The van der Waals surface area contributed by atoms with Crippen molar-refractivity contribution in [3.05, 3.63) is 49.3 Å². The van der Waals surface area contributed by atoms with E-state index in [1.807, 2.05) is 6.92 Å². The summed E-state index contributed by atoms with van der Waals surface area (Å²) in [6.07, 6.45) is 1.64. The standard InChI is InChI=1S/C12H18N4O4/c1-4-5-14-8-10(16(19)20)11(17)15(12(14)18)7-9(2)6-13-3/h8,13H,2,4-7H2,1,3H3. The van der Waals surface area contributed by atoms with Gasteiger partial charge in [0.25, 0.3) is 0 Å². The maximum atomic E-state index is 12.1. The van der Waals surface area contributed by atoms with Crippen LogP contribution in [0.25, 0.3) is 0 Å². The van der Waals surface area contributed by atoms with E-state index in [2.05, 4.69) is 11.9 Å². The minimum atomic E-state index is -0.899. The van der Waals surface area contributed by atoms with Crippen LogP contribution in [0.15, 0.2) is 27.9 Å². The molecule has 0 radical (unpaired) electrons. The quantitative estimate of drug-likeness (QED) is 0.434. The largest absolute Gasteiger partial charge is 0.350 e. The third kappa shape index (κ3) is 3.41. The summed E-state index contributed by atoms with van der Waals surface area (Å²) in [5.74, 6) is 0. The Morgan fingerprint density at radius 1 is 1.50 bits per heavy atom. The van der Waals surface area contributed by atoms with E-state index in [-0.39, 0.29) is 6.54 Å². The van der Waals surface area contributed by atoms with Crippen LogP contribution in [0.4, 0.5) is 5.69 Å². The van der Waals surface area contributed by atoms with Gasteiger partial charge in [0.05, 0.1) is 17.7 Å². The van der Waals surface area contributed by atoms with Crippen molar-refractivity contribution < 1.29 is 4.92 Å². The molecule has 0 bridgehead atoms. The fourth-order valence-electron chi connectivity index (χ4n) is 1.83. The lowest BCUT2D eigenvalue weighted by Crippen LogP contribution is -2.41. The molecule has 0 fully saturated rings. The second-order valence-corrected chi connectivity index (χ2v) is 4.42. The fraction of sp³-hybridized carbons (Fsp3) is 0.500. The average Bonchev–Trinajstić information content (AvgIpc) is 2.38. The number of hydrogen-bond donors (Lipinski definition) is 1. The molecule has 1 aromatic heterocycles. The number of aryl methyl sites for hydroxylation is 1. The van der Waals surface area contributed by atoms with E-state index < -0.39 is 21.9 Å². The molecular formula is C12H18N4O4. The van der Waals surface area contributed by atoms with Crippen LogP contribution in [-0.2, 0) is 13.1 Å². The molecule has 1 heterocycles. The van der Waals surface area contributed by atoms with Crippen LogP contribution < -0.4 is 16.6 Å². The molecule has 0 atom stereocenters. The van der Waals surface area contributed by atoms with Gasteiger partial charge in [-0.15, -0.1) is 0 Å². The van der Waals surface area contributed by atoms with E-state index in [0.29, 0.717) is 25.1 Å². The first kappa shape index (κ1) is 15.8. The van der Waals surface area contributed by atoms with Crippen molar-refractivity contribution in [3.63, 3.8) is 0 Å². The molecule has 0 aliphatic rings. The molecule has 0 aromatic carbocycles. The van der Waals surface area contributed by atoms with Crippen LogP contribution in [0, 0.1) is 10.1 Å². The van der Waals surface area contributed by atoms with Crippen molar-refractivity contribution in [2.75, 3.05) is 13.6 Å². The van der Waals surface area contributed by atoms with Crippen LogP contribution in [0.2, 0.25) is 0 Å². The highest BCUT2D eigenvalue weighted by atomic mass is 16.6. The van der Waals surface area contributed by atoms with Gasteiger partial charge in [-0.1, -0.05) is 13.5 Å². The fourth-order valence-corrected chi connectivity index (χ4v) is 1.83. The van der Waals surface area contributed by atoms with Crippen molar-refractivity contribution in [1.82, 2.24) is 14.5 Å². The molecule has 1 aromatic rings. The molecule has 0 aliphatic carbocycles. The Kier molecular flexibility index (Phi) is 5.39. The summed E-state index contributed by atoms with van der Waals surface area (Å²) in [4.78, 5) is 34.2. The summed E-state index contributed by atoms with van der Waals surface area (Å²) in [7, 11) is 1.71. The number of nitrogens with one attached hydrogen (secondary N) is 1. The summed E-state index contributed by atoms with van der Waals surface area (Å²) in [5, 5.41) is 13.7. The summed E-state index contributed by atoms with van der Waals surface area (Å²) in [6, 6.07) is 0. The normalized spacial score (nSPS) is 10.5. The van der Waals surface area contributed by atoms with Crippen molar-refractivity contribution in [3.8, 4) is 0 Å². The van der Waals surface area contributed by atoms with Gasteiger partial charge in [0.1, 0.15) is 0 Å². The number of nitro groups is 1. The third-order valence-electron chi connectivity index (χ3n) is 2.69. The van der Waals surface area contributed by atoms with Crippen LogP contribution in [0.5, 0.6) is 0 Å². The number of nitrogens with zero attached hydrogens (tertiary/aromatic N) is 3. The second kappa shape index (κ2) is 6.80. The topological polar surface area (TPSA) is 99.2 Å². The zero-order valence-corrected chi connectivity index (χ0v) is 11.6. The van der Waals surface area contributed by atoms with Crippen molar-refractivity contribution >= 4 is 5.69 Å². The van der Waals surface area contributed by atoms with Crippen molar-refractivity contribution in [1.29, 1.82) is 0 Å². The highest BCUT2D eigenvalue weighted by molar-refractivity contribution is 5.22. The molecular weight excluding hydrogens is 264 g/mol. The van der Waals surface area contributed by atoms with Gasteiger partial charge in [-0.3, -0.25) is 24.0 Å². The molecule has 0 unspecified atom stereocenters. The molecule has 0 spiro atoms. The van der Waals surface area contributed by atoms with E-state index in [4.69, 9.17) is 0 Å². The van der Waals surface area contributed by atoms with Crippen LogP contribution in [0.3, 0.4) is 0 Å². The van der Waals surface area contributed by atoms with E-state index in [1.165, 1.54) is 4.57 Å². The van der Waals surface area contributed by atoms with Gasteiger partial charge in [-0.05, 0) is 19.0 Å². The minimum absolute atomic E-state index is 0.0378. The third-order valence-corrected chi connectivity index (χ3v) is 2.69. The summed E-state index contributed by atoms with van der Waals surface area (Å²) in [6.45, 7) is 6.27. The molecule has 0 saturated carbocycles. The number of rotatable bonds is 7. The molecule has 1 N–H and O–H groups in total. The number of aromatic nitrogens is 2. The molecule has 20 heavy (non-hydrogen) atoms. The second-order valence-electron chi connectivity index (χ2n) is 4.42. The zero-order chi connectivity index (χ0) is 15.3. The first-order chi connectivity index (χ1) is 9.42. The van der Waals surface area contributed by atoms with Crippen LogP contribution >= 0.6 is 0 Å². The predicted octanol–water partition coefficient (Wildman–Crippen LogP) is 0.104. The highest BCUT2D eigenvalue weighted by Crippen LogP contribution is 2.02. The molecule has 0 amide bonds. The lowest BCUT2D eigenvalue weighted by Gasteiger charge is -2.10. The van der Waals surface area contributed by atoms with E-state index in [1.54, 1.807) is 7.05 Å². The lowest BCUT2D eigenvalue weighted by molar-refractivity contribution is -0.387. The van der Waals surface area contributed by atoms with Crippen LogP contribution in [-0.4, -0.2) is 27.6 Å². The Hall–Kier alpha value is -2.22. The monoisotopic (exact) mass is 282 g/mol. The summed E-state index contributed by atoms with van der Waals surface area (Å²) >= 11 is 0. The van der Waals surface area contributed by atoms with Crippen molar-refractivity contribution in [2.45, 2.75) is 26.4 Å². The van der Waals surface area contributed by atoms with E-state index >= 15 is 0 Å². The Labute approximate surface area is 115 Å². The van der Waals surface area contributed by atoms with E-state index in [0.717, 1.165) is 10.8 Å². The Balaban J connectivity index is 3.40. The van der Waals surface area contributed by atoms with Gasteiger partial charge < -0.3 is 5.32 Å². The minimum Gasteiger partial charge on any atom is -0.316 e. The molecule has 0 saturated heterocycles. The Morgan fingerprint density at radius 3 is 2.65 bits per heavy atom. The first-order valence-electron chi connectivity index (χ1n) is 6.22. The maximum Gasteiger partial charge on any atom is 0.350 e. The predicted molar refractivity (Wildman–Crippen MR) is 75.0 cm³/mol. The van der Waals surface area contributed by atoms with Gasteiger partial charge in [0.15, 0.2) is 0 Å². The molecule has 1 rings (SSSR count). The first-order valence-corrected chi connectivity index (χ1v) is 6.22. The Morgan fingerprint density at radius 2 is 2.15 bits per heavy atom. The van der Waals surface area contributed by atoms with Crippen LogP contribution in [0.1, 0.15) is 13.3 Å². The zero-order valence-electron chi connectivity index (χ0n) is 11.6. The van der Waals surface area contributed by atoms with Gasteiger partial charge in [0.2, 0.25) is 0 Å². The molecule has 110 valence electrons. The van der Waals surface area contributed by atoms with Gasteiger partial charge in [0, 0.05) is 13.1 Å². The number of hydrogen-bond acceptors (Lipinski definition) is 5. The van der Waals surface area contributed by atoms with Gasteiger partial charge in [-0.25, -0.2) is 4.79 Å². The smallest absolute Gasteiger partial charge is 0.316 e. The van der Waals surface area contributed by atoms with Gasteiger partial charge >= 0.3 is 16.9 Å². The molecule has 8 nitrogen and oxygen atoms in total. The highest BCUT2D eigenvalue weighted by Gasteiger charge is 2.19. The van der Waals surface area contributed by atoms with E-state index in [9.17, 15) is 19.7 Å². The SMILES string of the molecule is C=C(CNC)Cn1c(=O)c([N+](=O)[O-])cn(CCC)c1=O. The molecule has 8 heteroatoms. The average molecular weight is 282 g/mol. The molecule has 0 aliphatic heterocycles. The van der Waals surface area contributed by atoms with Gasteiger partial charge in [-0.2, -0.15) is 0 Å². The Bertz CT molecular complexity index is 629. The number of likely N-dealkylation sites (N-methyl/N-ethyl adjacent to an activating group) is 1. The summed E-state index contributed by atoms with van der Waals surface area (Å²) in [5.41, 5.74) is -1.46.